The van der Waals surface area contributed by atoms with Crippen molar-refractivity contribution in [2.75, 3.05) is 5.73 Å². The highest BCUT2D eigenvalue weighted by Crippen LogP contribution is 2.08. The van der Waals surface area contributed by atoms with Crippen molar-refractivity contribution >= 4 is 11.6 Å². The predicted octanol–water partition coefficient (Wildman–Crippen LogP) is 0.890. The van der Waals surface area contributed by atoms with Gasteiger partial charge in [0.05, 0.1) is 18.3 Å². The second kappa shape index (κ2) is 4.65. The fourth-order valence-corrected chi connectivity index (χ4v) is 1.33. The van der Waals surface area contributed by atoms with Crippen LogP contribution >= 0.6 is 0 Å². The minimum absolute atomic E-state index is 0.223. The Hall–Kier alpha value is -2.37. The molecule has 0 radical (unpaired) electrons. The molecule has 3 N–H and O–H groups in total. The third kappa shape index (κ3) is 2.60. The molecule has 0 unspecified atom stereocenters. The molecular formula is C11H12N4O2. The van der Waals surface area contributed by atoms with Crippen molar-refractivity contribution in [3.8, 4) is 0 Å². The van der Waals surface area contributed by atoms with Crippen LogP contribution in [0.15, 0.2) is 29.1 Å². The van der Waals surface area contributed by atoms with E-state index < -0.39 is 0 Å². The molecule has 6 heteroatoms. The quantitative estimate of drug-likeness (QED) is 0.819. The zero-order valence-electron chi connectivity index (χ0n) is 9.30. The number of aryl methyl sites for hydroxylation is 1. The van der Waals surface area contributed by atoms with E-state index in [9.17, 15) is 4.79 Å². The number of nitrogens with one attached hydrogen (secondary N) is 1. The molecule has 0 aliphatic heterocycles. The Morgan fingerprint density at radius 3 is 3.00 bits per heavy atom. The van der Waals surface area contributed by atoms with Crippen molar-refractivity contribution in [1.29, 1.82) is 0 Å². The summed E-state index contributed by atoms with van der Waals surface area (Å²) in [7, 11) is 0. The highest BCUT2D eigenvalue weighted by atomic mass is 16.4. The number of nitrogens with two attached hydrogens (primary N) is 1. The normalized spacial score (nSPS) is 10.2. The predicted molar refractivity (Wildman–Crippen MR) is 61.1 cm³/mol. The number of anilines is 1. The van der Waals surface area contributed by atoms with Crippen molar-refractivity contribution < 1.29 is 9.21 Å². The van der Waals surface area contributed by atoms with Crippen molar-refractivity contribution in [3.63, 3.8) is 0 Å². The van der Waals surface area contributed by atoms with Gasteiger partial charge in [0.2, 0.25) is 5.89 Å². The van der Waals surface area contributed by atoms with E-state index in [1.807, 2.05) is 0 Å². The number of pyridine rings is 1. The number of amides is 1. The first-order valence-corrected chi connectivity index (χ1v) is 5.06. The Morgan fingerprint density at radius 2 is 2.35 bits per heavy atom. The molecular weight excluding hydrogens is 220 g/mol. The van der Waals surface area contributed by atoms with Crippen molar-refractivity contribution in [2.24, 2.45) is 0 Å². The topological polar surface area (TPSA) is 94.0 Å². The number of aromatic nitrogens is 2. The number of nitrogen functional groups attached to an aromatic ring is 1. The van der Waals surface area contributed by atoms with Gasteiger partial charge in [-0.05, 0) is 13.0 Å². The van der Waals surface area contributed by atoms with Crippen LogP contribution in [0.5, 0.6) is 0 Å². The summed E-state index contributed by atoms with van der Waals surface area (Å²) >= 11 is 0. The maximum atomic E-state index is 11.7. The van der Waals surface area contributed by atoms with Crippen LogP contribution in [0.3, 0.4) is 0 Å². The summed E-state index contributed by atoms with van der Waals surface area (Å²) in [5.41, 5.74) is 6.39. The highest BCUT2D eigenvalue weighted by molar-refractivity contribution is 5.98. The van der Waals surface area contributed by atoms with E-state index in [1.54, 1.807) is 19.2 Å². The number of hydrogen-bond acceptors (Lipinski definition) is 5. The third-order valence-electron chi connectivity index (χ3n) is 2.17. The first kappa shape index (κ1) is 11.1. The van der Waals surface area contributed by atoms with Gasteiger partial charge in [-0.15, -0.1) is 0 Å². The zero-order valence-corrected chi connectivity index (χ0v) is 9.30. The molecule has 0 atom stereocenters. The van der Waals surface area contributed by atoms with E-state index in [-0.39, 0.29) is 12.5 Å². The summed E-state index contributed by atoms with van der Waals surface area (Å²) in [5.74, 6) is 0.861. The van der Waals surface area contributed by atoms with Crippen LogP contribution in [0.4, 0.5) is 5.69 Å². The molecule has 0 aliphatic rings. The van der Waals surface area contributed by atoms with Gasteiger partial charge in [-0.2, -0.15) is 0 Å². The average molecular weight is 232 g/mol. The number of rotatable bonds is 3. The second-order valence-electron chi connectivity index (χ2n) is 3.51. The Kier molecular flexibility index (Phi) is 3.04. The molecule has 2 aromatic rings. The van der Waals surface area contributed by atoms with E-state index >= 15 is 0 Å². The van der Waals surface area contributed by atoms with Crippen LogP contribution in [-0.2, 0) is 6.54 Å². The van der Waals surface area contributed by atoms with Crippen LogP contribution in [0.1, 0.15) is 22.0 Å². The lowest BCUT2D eigenvalue weighted by Gasteiger charge is -2.04. The van der Waals surface area contributed by atoms with Crippen LogP contribution in [0, 0.1) is 6.92 Å². The monoisotopic (exact) mass is 232 g/mol. The Balaban J connectivity index is 2.01. The molecule has 6 nitrogen and oxygen atoms in total. The zero-order chi connectivity index (χ0) is 12.3. The van der Waals surface area contributed by atoms with Gasteiger partial charge < -0.3 is 15.5 Å². The number of hydrogen-bond donors (Lipinski definition) is 2. The lowest BCUT2D eigenvalue weighted by atomic mass is 10.2. The largest absolute Gasteiger partial charge is 0.444 e. The molecule has 2 rings (SSSR count). The van der Waals surface area contributed by atoms with Gasteiger partial charge in [0.15, 0.2) is 0 Å². The number of oxazole rings is 1. The van der Waals surface area contributed by atoms with E-state index in [4.69, 9.17) is 10.2 Å². The van der Waals surface area contributed by atoms with Gasteiger partial charge in [0, 0.05) is 18.1 Å². The van der Waals surface area contributed by atoms with E-state index in [0.717, 1.165) is 0 Å². The Labute approximate surface area is 97.9 Å². The van der Waals surface area contributed by atoms with E-state index in [1.165, 1.54) is 12.4 Å². The summed E-state index contributed by atoms with van der Waals surface area (Å²) < 4.78 is 5.23. The van der Waals surface area contributed by atoms with Crippen molar-refractivity contribution in [3.05, 3.63) is 41.9 Å². The van der Waals surface area contributed by atoms with E-state index in [0.29, 0.717) is 22.9 Å². The summed E-state index contributed by atoms with van der Waals surface area (Å²) in [5, 5.41) is 2.65. The van der Waals surface area contributed by atoms with Gasteiger partial charge in [-0.3, -0.25) is 9.78 Å². The molecule has 88 valence electrons. The summed E-state index contributed by atoms with van der Waals surface area (Å²) in [4.78, 5) is 19.6. The molecule has 0 bridgehead atoms. The molecule has 0 saturated heterocycles. The summed E-state index contributed by atoms with van der Waals surface area (Å²) in [6.07, 6.45) is 4.55. The molecule has 2 heterocycles. The molecule has 0 spiro atoms. The fraction of sp³-hybridized carbons (Fsp3) is 0.182. The maximum absolute atomic E-state index is 11.7. The second-order valence-corrected chi connectivity index (χ2v) is 3.51. The maximum Gasteiger partial charge on any atom is 0.255 e. The van der Waals surface area contributed by atoms with Crippen molar-refractivity contribution in [1.82, 2.24) is 15.3 Å². The smallest absolute Gasteiger partial charge is 0.255 e. The van der Waals surface area contributed by atoms with Crippen molar-refractivity contribution in [2.45, 2.75) is 13.5 Å². The number of nitrogens with zero attached hydrogens (tertiary/aromatic N) is 2. The molecule has 0 saturated carbocycles. The molecule has 0 fully saturated rings. The van der Waals surface area contributed by atoms with E-state index in [2.05, 4.69) is 15.3 Å². The van der Waals surface area contributed by atoms with Gasteiger partial charge >= 0.3 is 0 Å². The van der Waals surface area contributed by atoms with Crippen LogP contribution in [-0.4, -0.2) is 15.9 Å². The SMILES string of the molecule is Cc1cnc(CNC(=O)c2cnccc2N)o1. The fourth-order valence-electron chi connectivity index (χ4n) is 1.33. The van der Waals surface area contributed by atoms with Gasteiger partial charge in [0.25, 0.3) is 5.91 Å². The van der Waals surface area contributed by atoms with Crippen LogP contribution in [0.25, 0.3) is 0 Å². The minimum Gasteiger partial charge on any atom is -0.444 e. The lowest BCUT2D eigenvalue weighted by Crippen LogP contribution is -2.24. The molecule has 2 aromatic heterocycles. The number of carbonyl (C=O) groups is 1. The first-order valence-electron chi connectivity index (χ1n) is 5.06. The van der Waals surface area contributed by atoms with Gasteiger partial charge in [-0.25, -0.2) is 4.98 Å². The summed E-state index contributed by atoms with van der Waals surface area (Å²) in [6, 6.07) is 1.57. The third-order valence-corrected chi connectivity index (χ3v) is 2.17. The Morgan fingerprint density at radius 1 is 1.53 bits per heavy atom. The Bertz CT molecular complexity index is 536. The standard InChI is InChI=1S/C11H12N4O2/c1-7-4-14-10(17-7)6-15-11(16)8-5-13-3-2-9(8)12/h2-5H,6H2,1H3,(H2,12,13)(H,15,16). The van der Waals surface area contributed by atoms with Crippen LogP contribution < -0.4 is 11.1 Å². The summed E-state index contributed by atoms with van der Waals surface area (Å²) in [6.45, 7) is 2.01. The molecule has 0 aromatic carbocycles. The lowest BCUT2D eigenvalue weighted by molar-refractivity contribution is 0.0947. The molecule has 1 amide bonds. The molecule has 17 heavy (non-hydrogen) atoms. The van der Waals surface area contributed by atoms with Gasteiger partial charge in [-0.1, -0.05) is 0 Å². The molecule has 0 aliphatic carbocycles. The number of carbonyl (C=O) groups excluding carboxylic acids is 1. The minimum atomic E-state index is -0.300. The highest BCUT2D eigenvalue weighted by Gasteiger charge is 2.10. The average Bonchev–Trinajstić information content (AvgIpc) is 2.73. The van der Waals surface area contributed by atoms with Gasteiger partial charge in [0.1, 0.15) is 5.76 Å². The van der Waals surface area contributed by atoms with Crippen LogP contribution in [0.2, 0.25) is 0 Å². The first-order chi connectivity index (χ1) is 8.16.